The van der Waals surface area contributed by atoms with Crippen molar-refractivity contribution in [3.05, 3.63) is 29.6 Å². The number of rotatable bonds is 4. The molecule has 0 radical (unpaired) electrons. The topological polar surface area (TPSA) is 29.3 Å². The van der Waals surface area contributed by atoms with Crippen LogP contribution in [0.4, 0.5) is 10.1 Å². The van der Waals surface area contributed by atoms with E-state index >= 15 is 0 Å². The maximum absolute atomic E-state index is 13.8. The molecule has 1 rings (SSSR count). The lowest BCUT2D eigenvalue weighted by Gasteiger charge is -2.21. The minimum absolute atomic E-state index is 0.161. The molecule has 1 atom stereocenters. The van der Waals surface area contributed by atoms with Crippen LogP contribution >= 0.6 is 0 Å². The SMILES string of the molecule is C#CCN(CC)c1ccc([C@H](C)N)cc1F. The molecule has 16 heavy (non-hydrogen) atoms. The van der Waals surface area contributed by atoms with Crippen LogP contribution < -0.4 is 10.6 Å². The third-order valence-corrected chi connectivity index (χ3v) is 2.50. The highest BCUT2D eigenvalue weighted by atomic mass is 19.1. The van der Waals surface area contributed by atoms with Gasteiger partial charge in [0.15, 0.2) is 0 Å². The molecule has 1 aromatic carbocycles. The Kier molecular flexibility index (Phi) is 4.33. The van der Waals surface area contributed by atoms with E-state index in [0.29, 0.717) is 18.8 Å². The van der Waals surface area contributed by atoms with Crippen molar-refractivity contribution in [2.45, 2.75) is 19.9 Å². The quantitative estimate of drug-likeness (QED) is 0.789. The van der Waals surface area contributed by atoms with E-state index in [2.05, 4.69) is 5.92 Å². The van der Waals surface area contributed by atoms with Crippen molar-refractivity contribution < 1.29 is 4.39 Å². The van der Waals surface area contributed by atoms with Crippen molar-refractivity contribution in [1.29, 1.82) is 0 Å². The van der Waals surface area contributed by atoms with Crippen LogP contribution in [0.15, 0.2) is 18.2 Å². The molecule has 0 spiro atoms. The first-order valence-electron chi connectivity index (χ1n) is 5.33. The Morgan fingerprint density at radius 3 is 2.69 bits per heavy atom. The van der Waals surface area contributed by atoms with Gasteiger partial charge >= 0.3 is 0 Å². The number of terminal acetylenes is 1. The normalized spacial score (nSPS) is 11.9. The number of halogens is 1. The highest BCUT2D eigenvalue weighted by Crippen LogP contribution is 2.22. The van der Waals surface area contributed by atoms with Crippen molar-refractivity contribution in [3.8, 4) is 12.3 Å². The average Bonchev–Trinajstić information content (AvgIpc) is 2.26. The summed E-state index contributed by atoms with van der Waals surface area (Å²) in [5.74, 6) is 2.24. The number of anilines is 1. The number of benzene rings is 1. The Bertz CT molecular complexity index is 393. The second-order valence-corrected chi connectivity index (χ2v) is 3.72. The first-order chi connectivity index (χ1) is 7.60. The minimum atomic E-state index is -0.271. The highest BCUT2D eigenvalue weighted by Gasteiger charge is 2.10. The molecule has 0 saturated heterocycles. The fourth-order valence-corrected chi connectivity index (χ4v) is 1.54. The molecule has 3 heteroatoms. The smallest absolute Gasteiger partial charge is 0.146 e. The Hall–Kier alpha value is -1.53. The third-order valence-electron chi connectivity index (χ3n) is 2.50. The molecule has 0 unspecified atom stereocenters. The Morgan fingerprint density at radius 2 is 2.25 bits per heavy atom. The van der Waals surface area contributed by atoms with Crippen molar-refractivity contribution >= 4 is 5.69 Å². The van der Waals surface area contributed by atoms with E-state index in [-0.39, 0.29) is 11.9 Å². The van der Waals surface area contributed by atoms with E-state index in [1.165, 1.54) is 6.07 Å². The predicted octanol–water partition coefficient (Wildman–Crippen LogP) is 2.30. The molecule has 2 N–H and O–H groups in total. The lowest BCUT2D eigenvalue weighted by atomic mass is 10.1. The molecule has 2 nitrogen and oxygen atoms in total. The van der Waals surface area contributed by atoms with Gasteiger partial charge in [-0.3, -0.25) is 0 Å². The van der Waals surface area contributed by atoms with Gasteiger partial charge in [-0.1, -0.05) is 12.0 Å². The zero-order valence-corrected chi connectivity index (χ0v) is 9.70. The summed E-state index contributed by atoms with van der Waals surface area (Å²) in [6, 6.07) is 4.88. The lowest BCUT2D eigenvalue weighted by molar-refractivity contribution is 0.616. The van der Waals surface area contributed by atoms with Gasteiger partial charge in [-0.15, -0.1) is 6.42 Å². The van der Waals surface area contributed by atoms with Gasteiger partial charge in [0.1, 0.15) is 5.82 Å². The second kappa shape index (κ2) is 5.53. The summed E-state index contributed by atoms with van der Waals surface area (Å²) in [5.41, 5.74) is 7.01. The Balaban J connectivity index is 3.02. The van der Waals surface area contributed by atoms with Crippen molar-refractivity contribution in [2.24, 2.45) is 5.73 Å². The van der Waals surface area contributed by atoms with E-state index in [4.69, 9.17) is 12.2 Å². The first-order valence-corrected chi connectivity index (χ1v) is 5.33. The highest BCUT2D eigenvalue weighted by molar-refractivity contribution is 5.50. The third kappa shape index (κ3) is 2.74. The average molecular weight is 220 g/mol. The lowest BCUT2D eigenvalue weighted by Crippen LogP contribution is -2.24. The van der Waals surface area contributed by atoms with Crippen LogP contribution in [0.1, 0.15) is 25.5 Å². The maximum Gasteiger partial charge on any atom is 0.146 e. The van der Waals surface area contributed by atoms with Crippen LogP contribution in [-0.2, 0) is 0 Å². The fourth-order valence-electron chi connectivity index (χ4n) is 1.54. The van der Waals surface area contributed by atoms with Crippen LogP contribution in [0.2, 0.25) is 0 Å². The summed E-state index contributed by atoms with van der Waals surface area (Å²) in [5, 5.41) is 0. The summed E-state index contributed by atoms with van der Waals surface area (Å²) >= 11 is 0. The number of nitrogens with two attached hydrogens (primary N) is 1. The molecule has 86 valence electrons. The molecule has 0 heterocycles. The zero-order chi connectivity index (χ0) is 12.1. The van der Waals surface area contributed by atoms with Crippen LogP contribution in [-0.4, -0.2) is 13.1 Å². The van der Waals surface area contributed by atoms with Gasteiger partial charge in [-0.2, -0.15) is 0 Å². The van der Waals surface area contributed by atoms with Gasteiger partial charge < -0.3 is 10.6 Å². The van der Waals surface area contributed by atoms with E-state index in [1.54, 1.807) is 11.0 Å². The van der Waals surface area contributed by atoms with Crippen LogP contribution in [0.3, 0.4) is 0 Å². The van der Waals surface area contributed by atoms with E-state index in [1.807, 2.05) is 19.9 Å². The van der Waals surface area contributed by atoms with E-state index in [0.717, 1.165) is 5.56 Å². The van der Waals surface area contributed by atoms with E-state index in [9.17, 15) is 4.39 Å². The van der Waals surface area contributed by atoms with Gasteiger partial charge in [0.2, 0.25) is 0 Å². The van der Waals surface area contributed by atoms with Crippen molar-refractivity contribution in [3.63, 3.8) is 0 Å². The van der Waals surface area contributed by atoms with Gasteiger partial charge in [0.05, 0.1) is 12.2 Å². The Labute approximate surface area is 96.3 Å². The molecule has 0 amide bonds. The van der Waals surface area contributed by atoms with Crippen molar-refractivity contribution in [1.82, 2.24) is 0 Å². The molecular formula is C13H17FN2. The summed E-state index contributed by atoms with van der Waals surface area (Å²) in [4.78, 5) is 1.81. The molecule has 0 saturated carbocycles. The molecule has 1 aromatic rings. The molecule has 0 fully saturated rings. The number of hydrogen-bond acceptors (Lipinski definition) is 2. The molecule has 0 aromatic heterocycles. The standard InChI is InChI=1S/C13H17FN2/c1-4-8-16(5-2)13-7-6-11(10(3)15)9-12(13)14/h1,6-7,9-10H,5,8,15H2,2-3H3/t10-/m0/s1. The van der Waals surface area contributed by atoms with Gasteiger partial charge in [-0.25, -0.2) is 4.39 Å². The van der Waals surface area contributed by atoms with Crippen molar-refractivity contribution in [2.75, 3.05) is 18.0 Å². The largest absolute Gasteiger partial charge is 0.358 e. The summed E-state index contributed by atoms with van der Waals surface area (Å²) in [6.45, 7) is 4.85. The van der Waals surface area contributed by atoms with Crippen LogP contribution in [0.5, 0.6) is 0 Å². The summed E-state index contributed by atoms with van der Waals surface area (Å²) in [7, 11) is 0. The first kappa shape index (κ1) is 12.5. The molecule has 0 aliphatic rings. The fraction of sp³-hybridized carbons (Fsp3) is 0.385. The predicted molar refractivity (Wildman–Crippen MR) is 65.7 cm³/mol. The van der Waals surface area contributed by atoms with Crippen LogP contribution in [0.25, 0.3) is 0 Å². The van der Waals surface area contributed by atoms with Gasteiger partial charge in [-0.05, 0) is 31.5 Å². The molecule has 0 aliphatic heterocycles. The number of hydrogen-bond donors (Lipinski definition) is 1. The zero-order valence-electron chi connectivity index (χ0n) is 9.70. The molecular weight excluding hydrogens is 203 g/mol. The van der Waals surface area contributed by atoms with E-state index < -0.39 is 0 Å². The minimum Gasteiger partial charge on any atom is -0.358 e. The maximum atomic E-state index is 13.8. The van der Waals surface area contributed by atoms with Crippen LogP contribution in [0, 0.1) is 18.2 Å². The second-order valence-electron chi connectivity index (χ2n) is 3.72. The molecule has 0 aliphatic carbocycles. The summed E-state index contributed by atoms with van der Waals surface area (Å²) in [6.07, 6.45) is 5.24. The summed E-state index contributed by atoms with van der Waals surface area (Å²) < 4.78 is 13.8. The van der Waals surface area contributed by atoms with Gasteiger partial charge in [0.25, 0.3) is 0 Å². The number of nitrogens with zero attached hydrogens (tertiary/aromatic N) is 1. The molecule has 0 bridgehead atoms. The Morgan fingerprint density at radius 1 is 1.56 bits per heavy atom. The van der Waals surface area contributed by atoms with Gasteiger partial charge in [0, 0.05) is 12.6 Å². The monoisotopic (exact) mass is 220 g/mol.